The minimum absolute atomic E-state index is 0.161. The average molecular weight is 467 g/mol. The van der Waals surface area contributed by atoms with E-state index in [4.69, 9.17) is 9.72 Å². The molecule has 0 bridgehead atoms. The standard InChI is InChI=1S/C28H30N6O/c1-20-18-33(19-21(2)35-20)25-9-6-10-26-27(25)32-28(24-13-23(14-29)16-31-17-24)34(26)12-11-30-15-22-7-4-3-5-8-22/h3-10,13,16-17,20-21,30H,11-12,15,18-19H2,1-2H3/t20-,21+. The van der Waals surface area contributed by atoms with Gasteiger partial charge in [-0.05, 0) is 37.6 Å². The highest BCUT2D eigenvalue weighted by molar-refractivity contribution is 5.92. The van der Waals surface area contributed by atoms with Crippen molar-refractivity contribution in [1.82, 2.24) is 19.9 Å². The van der Waals surface area contributed by atoms with Gasteiger partial charge in [-0.15, -0.1) is 0 Å². The first-order valence-electron chi connectivity index (χ1n) is 12.1. The van der Waals surface area contributed by atoms with Crippen molar-refractivity contribution in [2.45, 2.75) is 39.1 Å². The van der Waals surface area contributed by atoms with Crippen LogP contribution in [0.4, 0.5) is 5.69 Å². The summed E-state index contributed by atoms with van der Waals surface area (Å²) in [4.78, 5) is 11.8. The van der Waals surface area contributed by atoms with Gasteiger partial charge < -0.3 is 19.5 Å². The molecule has 0 radical (unpaired) electrons. The van der Waals surface area contributed by atoms with E-state index in [1.807, 2.05) is 12.1 Å². The Balaban J connectivity index is 1.50. The van der Waals surface area contributed by atoms with Crippen LogP contribution in [0.25, 0.3) is 22.4 Å². The van der Waals surface area contributed by atoms with E-state index >= 15 is 0 Å². The predicted octanol–water partition coefficient (Wildman–Crippen LogP) is 4.37. The van der Waals surface area contributed by atoms with Gasteiger partial charge in [-0.1, -0.05) is 36.4 Å². The molecule has 1 aliphatic rings. The second-order valence-corrected chi connectivity index (χ2v) is 9.13. The topological polar surface area (TPSA) is 79.0 Å². The number of para-hydroxylation sites is 1. The molecule has 3 heterocycles. The molecule has 1 fully saturated rings. The number of rotatable bonds is 7. The van der Waals surface area contributed by atoms with Crippen molar-refractivity contribution >= 4 is 16.7 Å². The fourth-order valence-corrected chi connectivity index (χ4v) is 4.85. The van der Waals surface area contributed by atoms with Crippen LogP contribution >= 0.6 is 0 Å². The lowest BCUT2D eigenvalue weighted by Gasteiger charge is -2.36. The van der Waals surface area contributed by atoms with Gasteiger partial charge in [0, 0.05) is 50.7 Å². The summed E-state index contributed by atoms with van der Waals surface area (Å²) in [5.74, 6) is 0.827. The number of nitrogens with zero attached hydrogens (tertiary/aromatic N) is 5. The Morgan fingerprint density at radius 2 is 1.86 bits per heavy atom. The van der Waals surface area contributed by atoms with Gasteiger partial charge in [-0.3, -0.25) is 4.98 Å². The molecule has 178 valence electrons. The Kier molecular flexibility index (Phi) is 6.75. The molecule has 35 heavy (non-hydrogen) atoms. The molecule has 5 rings (SSSR count). The lowest BCUT2D eigenvalue weighted by molar-refractivity contribution is -0.00514. The molecule has 0 aliphatic carbocycles. The third-order valence-corrected chi connectivity index (χ3v) is 6.33. The van der Waals surface area contributed by atoms with Crippen molar-refractivity contribution in [3.05, 3.63) is 78.1 Å². The zero-order chi connectivity index (χ0) is 24.2. The summed E-state index contributed by atoms with van der Waals surface area (Å²) in [6.07, 6.45) is 3.69. The van der Waals surface area contributed by atoms with Gasteiger partial charge in [0.05, 0.1) is 29.0 Å². The maximum Gasteiger partial charge on any atom is 0.142 e. The van der Waals surface area contributed by atoms with Crippen LogP contribution in [0.2, 0.25) is 0 Å². The molecule has 0 unspecified atom stereocenters. The SMILES string of the molecule is C[C@@H]1CN(c2cccc3c2nc(-c2cncc(C#N)c2)n3CCNCc2ccccc2)C[C@H](C)O1. The van der Waals surface area contributed by atoms with Gasteiger partial charge >= 0.3 is 0 Å². The van der Waals surface area contributed by atoms with Crippen molar-refractivity contribution in [2.75, 3.05) is 24.5 Å². The molecule has 1 N–H and O–H groups in total. The molecule has 4 aromatic rings. The third kappa shape index (κ3) is 5.04. The van der Waals surface area contributed by atoms with E-state index < -0.39 is 0 Å². The lowest BCUT2D eigenvalue weighted by Crippen LogP contribution is -2.45. The molecular formula is C28H30N6O. The first-order chi connectivity index (χ1) is 17.1. The number of aromatic nitrogens is 3. The van der Waals surface area contributed by atoms with Crippen LogP contribution in [-0.2, 0) is 17.8 Å². The fraction of sp³-hybridized carbons (Fsp3) is 0.321. The summed E-state index contributed by atoms with van der Waals surface area (Å²) < 4.78 is 8.20. The maximum absolute atomic E-state index is 9.42. The number of nitriles is 1. The number of anilines is 1. The van der Waals surface area contributed by atoms with E-state index in [2.05, 4.69) is 82.1 Å². The van der Waals surface area contributed by atoms with Gasteiger partial charge in [-0.2, -0.15) is 5.26 Å². The summed E-state index contributed by atoms with van der Waals surface area (Å²) >= 11 is 0. The summed E-state index contributed by atoms with van der Waals surface area (Å²) in [7, 11) is 0. The molecule has 7 nitrogen and oxygen atoms in total. The monoisotopic (exact) mass is 466 g/mol. The highest BCUT2D eigenvalue weighted by atomic mass is 16.5. The Hall–Kier alpha value is -3.73. The number of hydrogen-bond donors (Lipinski definition) is 1. The van der Waals surface area contributed by atoms with Gasteiger partial charge in [0.15, 0.2) is 0 Å². The molecular weight excluding hydrogens is 436 g/mol. The number of nitrogens with one attached hydrogen (secondary N) is 1. The van der Waals surface area contributed by atoms with Crippen LogP contribution < -0.4 is 10.2 Å². The van der Waals surface area contributed by atoms with Crippen LogP contribution in [0.5, 0.6) is 0 Å². The highest BCUT2D eigenvalue weighted by Gasteiger charge is 2.25. The number of benzene rings is 2. The molecule has 1 saturated heterocycles. The summed E-state index contributed by atoms with van der Waals surface area (Å²) in [5.41, 5.74) is 5.79. The van der Waals surface area contributed by atoms with Crippen LogP contribution in [-0.4, -0.2) is 46.4 Å². The van der Waals surface area contributed by atoms with E-state index in [0.717, 1.165) is 60.8 Å². The van der Waals surface area contributed by atoms with Crippen LogP contribution in [0.15, 0.2) is 67.0 Å². The Morgan fingerprint density at radius 3 is 2.63 bits per heavy atom. The predicted molar refractivity (Wildman–Crippen MR) is 138 cm³/mol. The van der Waals surface area contributed by atoms with Crippen molar-refractivity contribution in [2.24, 2.45) is 0 Å². The van der Waals surface area contributed by atoms with E-state index in [1.165, 1.54) is 5.56 Å². The number of hydrogen-bond acceptors (Lipinski definition) is 6. The minimum Gasteiger partial charge on any atom is -0.372 e. The molecule has 1 aliphatic heterocycles. The molecule has 0 spiro atoms. The molecule has 0 saturated carbocycles. The number of ether oxygens (including phenoxy) is 1. The zero-order valence-corrected chi connectivity index (χ0v) is 20.2. The van der Waals surface area contributed by atoms with Crippen molar-refractivity contribution < 1.29 is 4.74 Å². The molecule has 7 heteroatoms. The highest BCUT2D eigenvalue weighted by Crippen LogP contribution is 2.32. The fourth-order valence-electron chi connectivity index (χ4n) is 4.85. The minimum atomic E-state index is 0.161. The molecule has 2 aromatic heterocycles. The van der Waals surface area contributed by atoms with E-state index in [9.17, 15) is 5.26 Å². The third-order valence-electron chi connectivity index (χ3n) is 6.33. The quantitative estimate of drug-likeness (QED) is 0.408. The van der Waals surface area contributed by atoms with Crippen LogP contribution in [0.3, 0.4) is 0 Å². The summed E-state index contributed by atoms with van der Waals surface area (Å²) in [6.45, 7) is 8.23. The van der Waals surface area contributed by atoms with Gasteiger partial charge in [0.1, 0.15) is 17.4 Å². The van der Waals surface area contributed by atoms with Crippen molar-refractivity contribution in [3.8, 4) is 17.5 Å². The maximum atomic E-state index is 9.42. The average Bonchev–Trinajstić information content (AvgIpc) is 3.25. The van der Waals surface area contributed by atoms with E-state index in [0.29, 0.717) is 5.56 Å². The van der Waals surface area contributed by atoms with Gasteiger partial charge in [0.2, 0.25) is 0 Å². The Morgan fingerprint density at radius 1 is 1.06 bits per heavy atom. The first-order valence-corrected chi connectivity index (χ1v) is 12.1. The van der Waals surface area contributed by atoms with Gasteiger partial charge in [0.25, 0.3) is 0 Å². The van der Waals surface area contributed by atoms with Crippen LogP contribution in [0.1, 0.15) is 25.0 Å². The summed E-state index contributed by atoms with van der Waals surface area (Å²) in [5, 5.41) is 13.0. The Labute approximate surface area is 206 Å². The molecule has 0 amide bonds. The van der Waals surface area contributed by atoms with E-state index in [-0.39, 0.29) is 12.2 Å². The molecule has 2 aromatic carbocycles. The normalized spacial score (nSPS) is 18.0. The van der Waals surface area contributed by atoms with Crippen LogP contribution in [0, 0.1) is 11.3 Å². The smallest absolute Gasteiger partial charge is 0.142 e. The Bertz CT molecular complexity index is 1330. The number of fused-ring (bicyclic) bond motifs is 1. The second kappa shape index (κ2) is 10.3. The van der Waals surface area contributed by atoms with Crippen molar-refractivity contribution in [3.63, 3.8) is 0 Å². The summed E-state index contributed by atoms with van der Waals surface area (Å²) in [6, 6.07) is 20.8. The number of imidazole rings is 1. The number of morpholine rings is 1. The molecule has 2 atom stereocenters. The van der Waals surface area contributed by atoms with E-state index in [1.54, 1.807) is 12.4 Å². The second-order valence-electron chi connectivity index (χ2n) is 9.13. The first kappa shape index (κ1) is 23.0. The zero-order valence-electron chi connectivity index (χ0n) is 20.2. The van der Waals surface area contributed by atoms with Gasteiger partial charge in [-0.25, -0.2) is 4.98 Å². The lowest BCUT2D eigenvalue weighted by atomic mass is 10.1. The largest absolute Gasteiger partial charge is 0.372 e. The number of pyridine rings is 1. The van der Waals surface area contributed by atoms with Crippen molar-refractivity contribution in [1.29, 1.82) is 5.26 Å².